The van der Waals surface area contributed by atoms with Crippen molar-refractivity contribution in [2.45, 2.75) is 23.9 Å². The van der Waals surface area contributed by atoms with Gasteiger partial charge in [-0.2, -0.15) is 9.81 Å². The highest BCUT2D eigenvalue weighted by Crippen LogP contribution is 2.18. The van der Waals surface area contributed by atoms with Gasteiger partial charge in [0, 0.05) is 0 Å². The average Bonchev–Trinajstić information content (AvgIpc) is 2.29. The van der Waals surface area contributed by atoms with Crippen molar-refractivity contribution in [2.75, 3.05) is 13.2 Å². The van der Waals surface area contributed by atoms with E-state index in [0.717, 1.165) is 0 Å². The first-order chi connectivity index (χ1) is 7.46. The van der Waals surface area contributed by atoms with Gasteiger partial charge in [-0.25, -0.2) is 0 Å². The first-order valence-electron chi connectivity index (χ1n) is 4.18. The molecule has 10 nitrogen and oxygen atoms in total. The van der Waals surface area contributed by atoms with Gasteiger partial charge in [-0.1, -0.05) is 10.4 Å². The lowest BCUT2D eigenvalue weighted by molar-refractivity contribution is -0.00789. The lowest BCUT2D eigenvalue weighted by Crippen LogP contribution is -2.58. The fraction of sp³-hybridized carbons (Fsp3) is 1.00. The SMILES string of the molecule is N[C@@](CN=O)(N=O)C(O)C(N=O)C(O)CO. The van der Waals surface area contributed by atoms with E-state index in [4.69, 9.17) is 15.9 Å². The quantitative estimate of drug-likeness (QED) is 0.353. The summed E-state index contributed by atoms with van der Waals surface area (Å²) in [7, 11) is 0. The Morgan fingerprint density at radius 3 is 2.12 bits per heavy atom. The highest BCUT2D eigenvalue weighted by atomic mass is 16.3. The van der Waals surface area contributed by atoms with Gasteiger partial charge in [0.2, 0.25) is 5.66 Å². The van der Waals surface area contributed by atoms with Crippen LogP contribution in [0.5, 0.6) is 0 Å². The second-order valence-corrected chi connectivity index (χ2v) is 3.16. The summed E-state index contributed by atoms with van der Waals surface area (Å²) in [4.78, 5) is 30.7. The normalized spacial score (nSPS) is 20.2. The van der Waals surface area contributed by atoms with Gasteiger partial charge in [0.15, 0.2) is 0 Å². The van der Waals surface area contributed by atoms with E-state index < -0.39 is 37.1 Å². The Bertz CT molecular complexity index is 263. The van der Waals surface area contributed by atoms with Crippen LogP contribution in [0.1, 0.15) is 0 Å². The molecular weight excluding hydrogens is 224 g/mol. The maximum absolute atomic E-state index is 10.4. The molecule has 10 heteroatoms. The zero-order chi connectivity index (χ0) is 12.8. The minimum atomic E-state index is -2.36. The molecule has 0 radical (unpaired) electrons. The van der Waals surface area contributed by atoms with Crippen LogP contribution in [0.3, 0.4) is 0 Å². The van der Waals surface area contributed by atoms with E-state index >= 15 is 0 Å². The Labute approximate surface area is 89.4 Å². The van der Waals surface area contributed by atoms with E-state index in [-0.39, 0.29) is 0 Å². The van der Waals surface area contributed by atoms with Crippen molar-refractivity contribution in [1.29, 1.82) is 0 Å². The summed E-state index contributed by atoms with van der Waals surface area (Å²) in [6.45, 7) is -1.77. The highest BCUT2D eigenvalue weighted by molar-refractivity contribution is 4.99. The second-order valence-electron chi connectivity index (χ2n) is 3.16. The average molecular weight is 236 g/mol. The number of nitrogens with zero attached hydrogens (tertiary/aromatic N) is 3. The van der Waals surface area contributed by atoms with Crippen LogP contribution in [0.2, 0.25) is 0 Å². The fourth-order valence-electron chi connectivity index (χ4n) is 1.02. The largest absolute Gasteiger partial charge is 0.394 e. The van der Waals surface area contributed by atoms with Gasteiger partial charge in [0.25, 0.3) is 0 Å². The van der Waals surface area contributed by atoms with E-state index in [0.29, 0.717) is 0 Å². The molecule has 16 heavy (non-hydrogen) atoms. The summed E-state index contributed by atoms with van der Waals surface area (Å²) in [5, 5.41) is 34.0. The van der Waals surface area contributed by atoms with E-state index in [2.05, 4.69) is 15.5 Å². The van der Waals surface area contributed by atoms with Gasteiger partial charge in [-0.3, -0.25) is 0 Å². The minimum absolute atomic E-state index is 0.878. The van der Waals surface area contributed by atoms with E-state index in [9.17, 15) is 19.8 Å². The Balaban J connectivity index is 4.95. The topological polar surface area (TPSA) is 175 Å². The fourth-order valence-corrected chi connectivity index (χ4v) is 1.02. The van der Waals surface area contributed by atoms with Crippen LogP contribution < -0.4 is 5.73 Å². The third-order valence-electron chi connectivity index (χ3n) is 2.03. The van der Waals surface area contributed by atoms with Crippen molar-refractivity contribution < 1.29 is 15.3 Å². The second kappa shape index (κ2) is 6.27. The number of aliphatic hydroxyl groups is 3. The maximum Gasteiger partial charge on any atom is 0.201 e. The molecule has 0 rings (SSSR count). The zero-order valence-corrected chi connectivity index (χ0v) is 8.13. The highest BCUT2D eigenvalue weighted by Gasteiger charge is 2.44. The van der Waals surface area contributed by atoms with Crippen molar-refractivity contribution >= 4 is 0 Å². The van der Waals surface area contributed by atoms with E-state index in [1.54, 1.807) is 0 Å². The third kappa shape index (κ3) is 3.06. The molecule has 92 valence electrons. The van der Waals surface area contributed by atoms with Crippen LogP contribution in [0, 0.1) is 14.7 Å². The summed E-state index contributed by atoms with van der Waals surface area (Å²) in [5.74, 6) is 0. The predicted octanol–water partition coefficient (Wildman–Crippen LogP) is -1.98. The molecule has 0 fully saturated rings. The van der Waals surface area contributed by atoms with Crippen molar-refractivity contribution in [3.63, 3.8) is 0 Å². The third-order valence-corrected chi connectivity index (χ3v) is 2.03. The van der Waals surface area contributed by atoms with Gasteiger partial charge in [-0.15, -0.1) is 4.91 Å². The van der Waals surface area contributed by atoms with Gasteiger partial charge in [0.05, 0.1) is 6.61 Å². The summed E-state index contributed by atoms with van der Waals surface area (Å²) in [5.41, 5.74) is 2.84. The lowest BCUT2D eigenvalue weighted by Gasteiger charge is -2.29. The van der Waals surface area contributed by atoms with Gasteiger partial charge >= 0.3 is 0 Å². The summed E-state index contributed by atoms with van der Waals surface area (Å²) in [6.07, 6.45) is -3.74. The Morgan fingerprint density at radius 2 is 1.81 bits per heavy atom. The first kappa shape index (κ1) is 14.6. The molecule has 5 N–H and O–H groups in total. The number of hydrogen-bond donors (Lipinski definition) is 4. The minimum Gasteiger partial charge on any atom is -0.394 e. The van der Waals surface area contributed by atoms with Crippen LogP contribution in [0.4, 0.5) is 0 Å². The van der Waals surface area contributed by atoms with Crippen molar-refractivity contribution in [3.05, 3.63) is 14.7 Å². The Hall–Kier alpha value is -1.36. The number of aliphatic hydroxyl groups excluding tert-OH is 3. The Kier molecular flexibility index (Phi) is 5.74. The first-order valence-corrected chi connectivity index (χ1v) is 4.18. The van der Waals surface area contributed by atoms with Crippen molar-refractivity contribution in [1.82, 2.24) is 0 Å². The number of nitrogens with two attached hydrogens (primary N) is 1. The summed E-state index contributed by atoms with van der Waals surface area (Å²) in [6, 6.07) is -1.78. The van der Waals surface area contributed by atoms with Crippen LogP contribution in [-0.4, -0.2) is 52.4 Å². The lowest BCUT2D eigenvalue weighted by atomic mass is 9.95. The summed E-state index contributed by atoms with van der Waals surface area (Å²) < 4.78 is 0. The maximum atomic E-state index is 10.4. The Morgan fingerprint density at radius 1 is 1.25 bits per heavy atom. The van der Waals surface area contributed by atoms with Crippen LogP contribution in [-0.2, 0) is 0 Å². The van der Waals surface area contributed by atoms with Crippen LogP contribution in [0.15, 0.2) is 15.5 Å². The molecule has 0 aliphatic rings. The van der Waals surface area contributed by atoms with Crippen molar-refractivity contribution in [2.24, 2.45) is 21.3 Å². The molecule has 0 bridgehead atoms. The zero-order valence-electron chi connectivity index (χ0n) is 8.13. The molecule has 0 amide bonds. The molecule has 0 aromatic carbocycles. The van der Waals surface area contributed by atoms with Gasteiger partial charge in [0.1, 0.15) is 24.8 Å². The standard InChI is InChI=1S/C6H12N4O6/c7-6(10-16,2-8-14)5(13)4(9-15)3(12)1-11/h3-5,11-13H,1-2,7H2/t3?,4?,5?,6-/m0/s1. The molecule has 0 aromatic heterocycles. The van der Waals surface area contributed by atoms with Crippen molar-refractivity contribution in [3.8, 4) is 0 Å². The molecular formula is C6H12N4O6. The molecule has 0 spiro atoms. The monoisotopic (exact) mass is 236 g/mol. The van der Waals surface area contributed by atoms with Gasteiger partial charge < -0.3 is 21.1 Å². The molecule has 0 aliphatic heterocycles. The number of nitroso groups, excluding NO2 is 3. The molecule has 0 aliphatic carbocycles. The molecule has 0 aromatic rings. The molecule has 0 heterocycles. The van der Waals surface area contributed by atoms with Gasteiger partial charge in [-0.05, 0) is 5.18 Å². The molecule has 0 saturated carbocycles. The van der Waals surface area contributed by atoms with E-state index in [1.807, 2.05) is 0 Å². The predicted molar refractivity (Wildman–Crippen MR) is 52.1 cm³/mol. The van der Waals surface area contributed by atoms with Crippen LogP contribution in [0.25, 0.3) is 0 Å². The number of rotatable bonds is 8. The molecule has 4 atom stereocenters. The molecule has 3 unspecified atom stereocenters. The smallest absolute Gasteiger partial charge is 0.201 e. The summed E-state index contributed by atoms with van der Waals surface area (Å²) >= 11 is 0. The van der Waals surface area contributed by atoms with E-state index in [1.165, 1.54) is 0 Å². The number of hydrogen-bond acceptors (Lipinski definition) is 10. The van der Waals surface area contributed by atoms with Crippen LogP contribution >= 0.6 is 0 Å². The molecule has 0 saturated heterocycles.